The third-order valence-corrected chi connectivity index (χ3v) is 3.06. The molecule has 0 bridgehead atoms. The predicted molar refractivity (Wildman–Crippen MR) is 79.5 cm³/mol. The number of anilines is 2. The zero-order chi connectivity index (χ0) is 16.4. The van der Waals surface area contributed by atoms with Crippen molar-refractivity contribution in [3.05, 3.63) is 17.6 Å². The number of rotatable bonds is 3. The Balaban J connectivity index is 2.08. The van der Waals surface area contributed by atoms with E-state index in [1.165, 1.54) is 20.5 Å². The number of urea groups is 1. The maximum absolute atomic E-state index is 12.2. The van der Waals surface area contributed by atoms with Gasteiger partial charge in [-0.2, -0.15) is 5.10 Å². The Morgan fingerprint density at radius 1 is 1.36 bits per heavy atom. The third kappa shape index (κ3) is 3.05. The second-order valence-electron chi connectivity index (χ2n) is 5.02. The fourth-order valence-electron chi connectivity index (χ4n) is 1.76. The van der Waals surface area contributed by atoms with Gasteiger partial charge in [0.1, 0.15) is 6.54 Å². The van der Waals surface area contributed by atoms with E-state index < -0.39 is 0 Å². The van der Waals surface area contributed by atoms with Crippen LogP contribution in [0.3, 0.4) is 0 Å². The van der Waals surface area contributed by atoms with E-state index in [1.807, 2.05) is 0 Å². The van der Waals surface area contributed by atoms with Crippen LogP contribution < -0.4 is 11.1 Å². The van der Waals surface area contributed by atoms with Gasteiger partial charge < -0.3 is 10.6 Å². The Hall–Kier alpha value is -2.91. The highest BCUT2D eigenvalue weighted by atomic mass is 16.2. The lowest BCUT2D eigenvalue weighted by atomic mass is 10.3. The van der Waals surface area contributed by atoms with E-state index in [-0.39, 0.29) is 24.3 Å². The number of nitrogens with one attached hydrogen (secondary N) is 1. The average Bonchev–Trinajstić information content (AvgIpc) is 2.98. The van der Waals surface area contributed by atoms with E-state index in [1.54, 1.807) is 27.9 Å². The van der Waals surface area contributed by atoms with Crippen LogP contribution in [0.2, 0.25) is 0 Å². The van der Waals surface area contributed by atoms with Crippen LogP contribution >= 0.6 is 0 Å². The van der Waals surface area contributed by atoms with Crippen LogP contribution in [-0.4, -0.2) is 55.7 Å². The van der Waals surface area contributed by atoms with Gasteiger partial charge in [-0.3, -0.25) is 10.1 Å². The van der Waals surface area contributed by atoms with Crippen molar-refractivity contribution < 1.29 is 9.59 Å². The topological polar surface area (TPSA) is 124 Å². The van der Waals surface area contributed by atoms with Gasteiger partial charge in [-0.05, 0) is 13.8 Å². The first-order valence-electron chi connectivity index (χ1n) is 6.53. The van der Waals surface area contributed by atoms with E-state index in [9.17, 15) is 9.59 Å². The molecule has 0 aliphatic heterocycles. The zero-order valence-electron chi connectivity index (χ0n) is 12.9. The Morgan fingerprint density at radius 3 is 2.59 bits per heavy atom. The summed E-state index contributed by atoms with van der Waals surface area (Å²) in [6.45, 7) is 3.39. The zero-order valence-corrected chi connectivity index (χ0v) is 12.9. The normalized spacial score (nSPS) is 10.5. The van der Waals surface area contributed by atoms with Crippen molar-refractivity contribution in [2.24, 2.45) is 0 Å². The highest BCUT2D eigenvalue weighted by Gasteiger charge is 2.16. The number of carbonyl (C=O) groups is 2. The standard InChI is InChI=1S/C12H18N8O2/c1-7-11(13)8(2)20(16-7)10(21)6-19-5-9(15-17-19)14-12(22)18(3)4/h5H,6,13H2,1-4H3,(H,14,22). The number of aryl methyl sites for hydroxylation is 1. The first kappa shape index (κ1) is 15.5. The second kappa shape index (κ2) is 5.84. The van der Waals surface area contributed by atoms with E-state index in [4.69, 9.17) is 5.73 Å². The van der Waals surface area contributed by atoms with Gasteiger partial charge in [-0.15, -0.1) is 5.10 Å². The van der Waals surface area contributed by atoms with Gasteiger partial charge in [0.2, 0.25) is 0 Å². The first-order valence-corrected chi connectivity index (χ1v) is 6.53. The minimum absolute atomic E-state index is 0.0633. The first-order chi connectivity index (χ1) is 10.3. The van der Waals surface area contributed by atoms with Crippen molar-refractivity contribution in [1.82, 2.24) is 29.7 Å². The summed E-state index contributed by atoms with van der Waals surface area (Å²) in [6.07, 6.45) is 1.47. The molecule has 2 aromatic rings. The number of hydrogen-bond donors (Lipinski definition) is 2. The molecule has 0 atom stereocenters. The Morgan fingerprint density at radius 2 is 2.05 bits per heavy atom. The Labute approximate surface area is 126 Å². The van der Waals surface area contributed by atoms with Crippen molar-refractivity contribution in [2.45, 2.75) is 20.4 Å². The number of nitrogen functional groups attached to an aromatic ring is 1. The lowest BCUT2D eigenvalue weighted by molar-refractivity contribution is 0.0866. The van der Waals surface area contributed by atoms with Crippen molar-refractivity contribution in [2.75, 3.05) is 25.1 Å². The van der Waals surface area contributed by atoms with Gasteiger partial charge in [-0.25, -0.2) is 14.2 Å². The summed E-state index contributed by atoms with van der Waals surface area (Å²) in [5.74, 6) is -0.0351. The Kier molecular flexibility index (Phi) is 4.11. The van der Waals surface area contributed by atoms with Crippen LogP contribution in [0.4, 0.5) is 16.3 Å². The van der Waals surface area contributed by atoms with E-state index in [0.717, 1.165) is 0 Å². The average molecular weight is 306 g/mol. The summed E-state index contributed by atoms with van der Waals surface area (Å²) in [5.41, 5.74) is 7.48. The summed E-state index contributed by atoms with van der Waals surface area (Å²) in [5, 5.41) is 14.2. The highest BCUT2D eigenvalue weighted by Crippen LogP contribution is 2.14. The number of aromatic nitrogens is 5. The molecule has 0 fully saturated rings. The lowest BCUT2D eigenvalue weighted by Crippen LogP contribution is -2.27. The quantitative estimate of drug-likeness (QED) is 0.829. The molecule has 0 saturated carbocycles. The molecule has 2 rings (SSSR count). The maximum Gasteiger partial charge on any atom is 0.322 e. The number of nitrogens with zero attached hydrogens (tertiary/aromatic N) is 6. The summed E-state index contributed by atoms with van der Waals surface area (Å²) in [6, 6.07) is -0.329. The van der Waals surface area contributed by atoms with Crippen molar-refractivity contribution >= 4 is 23.4 Å². The second-order valence-corrected chi connectivity index (χ2v) is 5.02. The molecule has 0 unspecified atom stereocenters. The summed E-state index contributed by atoms with van der Waals surface area (Å²) >= 11 is 0. The minimum Gasteiger partial charge on any atom is -0.396 e. The molecule has 118 valence electrons. The molecular formula is C12H18N8O2. The third-order valence-electron chi connectivity index (χ3n) is 3.06. The fourth-order valence-corrected chi connectivity index (χ4v) is 1.76. The molecule has 0 aromatic carbocycles. The van der Waals surface area contributed by atoms with E-state index >= 15 is 0 Å². The number of hydrogen-bond acceptors (Lipinski definition) is 6. The predicted octanol–water partition coefficient (Wildman–Crippen LogP) is 0.108. The molecule has 0 radical (unpaired) electrons. The van der Waals surface area contributed by atoms with Crippen LogP contribution in [0.1, 0.15) is 16.2 Å². The Bertz CT molecular complexity index is 715. The lowest BCUT2D eigenvalue weighted by Gasteiger charge is -2.09. The van der Waals surface area contributed by atoms with Gasteiger partial charge in [0.05, 0.1) is 23.3 Å². The molecule has 2 aromatic heterocycles. The molecule has 2 amide bonds. The van der Waals surface area contributed by atoms with Gasteiger partial charge in [0.15, 0.2) is 5.82 Å². The summed E-state index contributed by atoms with van der Waals surface area (Å²) in [4.78, 5) is 25.1. The number of nitrogens with two attached hydrogens (primary N) is 1. The largest absolute Gasteiger partial charge is 0.396 e. The molecule has 22 heavy (non-hydrogen) atoms. The molecule has 10 nitrogen and oxygen atoms in total. The smallest absolute Gasteiger partial charge is 0.322 e. The molecule has 2 heterocycles. The molecule has 0 aliphatic rings. The van der Waals surface area contributed by atoms with Crippen LogP contribution in [0.15, 0.2) is 6.20 Å². The molecule has 0 spiro atoms. The van der Waals surface area contributed by atoms with Gasteiger partial charge >= 0.3 is 6.03 Å². The van der Waals surface area contributed by atoms with Crippen molar-refractivity contribution in [1.29, 1.82) is 0 Å². The van der Waals surface area contributed by atoms with E-state index in [2.05, 4.69) is 20.7 Å². The maximum atomic E-state index is 12.2. The molecule has 0 saturated heterocycles. The van der Waals surface area contributed by atoms with Crippen LogP contribution in [0, 0.1) is 13.8 Å². The summed E-state index contributed by atoms with van der Waals surface area (Å²) in [7, 11) is 3.22. The minimum atomic E-state index is -0.329. The fraction of sp³-hybridized carbons (Fsp3) is 0.417. The number of carbonyl (C=O) groups excluding carboxylic acids is 2. The SMILES string of the molecule is Cc1nn(C(=O)Cn2cc(NC(=O)N(C)C)nn2)c(C)c1N. The summed E-state index contributed by atoms with van der Waals surface area (Å²) < 4.78 is 2.56. The highest BCUT2D eigenvalue weighted by molar-refractivity contribution is 5.87. The van der Waals surface area contributed by atoms with Gasteiger partial charge in [0, 0.05) is 14.1 Å². The van der Waals surface area contributed by atoms with Crippen LogP contribution in [0.5, 0.6) is 0 Å². The van der Waals surface area contributed by atoms with Crippen molar-refractivity contribution in [3.8, 4) is 0 Å². The molecule has 10 heteroatoms. The molecule has 0 aliphatic carbocycles. The molecular weight excluding hydrogens is 288 g/mol. The molecule has 3 N–H and O–H groups in total. The monoisotopic (exact) mass is 306 g/mol. The number of amides is 2. The van der Waals surface area contributed by atoms with Crippen LogP contribution in [-0.2, 0) is 6.54 Å². The van der Waals surface area contributed by atoms with Crippen LogP contribution in [0.25, 0.3) is 0 Å². The van der Waals surface area contributed by atoms with E-state index in [0.29, 0.717) is 17.1 Å². The van der Waals surface area contributed by atoms with Gasteiger partial charge in [-0.1, -0.05) is 5.21 Å². The van der Waals surface area contributed by atoms with Crippen molar-refractivity contribution in [3.63, 3.8) is 0 Å². The van der Waals surface area contributed by atoms with Gasteiger partial charge in [0.25, 0.3) is 5.91 Å².